The molecular formula is C21H20O4. The summed E-state index contributed by atoms with van der Waals surface area (Å²) in [6, 6.07) is 12.8. The summed E-state index contributed by atoms with van der Waals surface area (Å²) in [6.45, 7) is 3.17. The minimum Gasteiger partial charge on any atom is -0.508 e. The molecule has 0 amide bonds. The average Bonchev–Trinajstić information content (AvgIpc) is 2.60. The van der Waals surface area contributed by atoms with E-state index in [1.165, 1.54) is 36.4 Å². The molecule has 4 nitrogen and oxygen atoms in total. The molecule has 0 fully saturated rings. The van der Waals surface area contributed by atoms with Gasteiger partial charge < -0.3 is 10.2 Å². The van der Waals surface area contributed by atoms with Crippen LogP contribution in [0.2, 0.25) is 0 Å². The van der Waals surface area contributed by atoms with Crippen LogP contribution in [0, 0.1) is 5.41 Å². The van der Waals surface area contributed by atoms with Crippen molar-refractivity contribution in [3.05, 3.63) is 71.8 Å². The maximum absolute atomic E-state index is 12.4. The highest BCUT2D eigenvalue weighted by Crippen LogP contribution is 2.22. The zero-order valence-corrected chi connectivity index (χ0v) is 14.1. The van der Waals surface area contributed by atoms with Crippen LogP contribution >= 0.6 is 0 Å². The molecule has 0 saturated carbocycles. The summed E-state index contributed by atoms with van der Waals surface area (Å²) in [5.74, 6) is -0.307. The summed E-state index contributed by atoms with van der Waals surface area (Å²) >= 11 is 0. The Morgan fingerprint density at radius 1 is 0.720 bits per heavy atom. The SMILES string of the molecule is CC(C)(C(=O)/C=C/c1ccc(O)cc1)C(=O)/C=C/c1ccc(O)cc1. The normalized spacial score (nSPS) is 11.9. The van der Waals surface area contributed by atoms with Gasteiger partial charge in [-0.2, -0.15) is 0 Å². The monoisotopic (exact) mass is 336 g/mol. The lowest BCUT2D eigenvalue weighted by molar-refractivity contribution is -0.132. The first-order valence-corrected chi connectivity index (χ1v) is 7.82. The average molecular weight is 336 g/mol. The lowest BCUT2D eigenvalue weighted by Gasteiger charge is -2.17. The van der Waals surface area contributed by atoms with Gasteiger partial charge in [-0.1, -0.05) is 36.4 Å². The number of benzene rings is 2. The zero-order chi connectivity index (χ0) is 18.4. The van der Waals surface area contributed by atoms with Crippen molar-refractivity contribution in [2.24, 2.45) is 5.41 Å². The van der Waals surface area contributed by atoms with Crippen LogP contribution in [0.5, 0.6) is 11.5 Å². The molecule has 0 bridgehead atoms. The van der Waals surface area contributed by atoms with E-state index in [0.717, 1.165) is 11.1 Å². The molecule has 2 N–H and O–H groups in total. The van der Waals surface area contributed by atoms with E-state index in [4.69, 9.17) is 0 Å². The third-order valence-corrected chi connectivity index (χ3v) is 3.87. The number of rotatable bonds is 6. The van der Waals surface area contributed by atoms with Crippen LogP contribution in [-0.4, -0.2) is 21.8 Å². The summed E-state index contributed by atoms with van der Waals surface area (Å²) in [5, 5.41) is 18.5. The van der Waals surface area contributed by atoms with E-state index in [0.29, 0.717) is 0 Å². The van der Waals surface area contributed by atoms with Gasteiger partial charge in [0.25, 0.3) is 0 Å². The van der Waals surface area contributed by atoms with Crippen LogP contribution in [0.4, 0.5) is 0 Å². The zero-order valence-electron chi connectivity index (χ0n) is 14.1. The fourth-order valence-corrected chi connectivity index (χ4v) is 2.05. The molecular weight excluding hydrogens is 316 g/mol. The van der Waals surface area contributed by atoms with Crippen LogP contribution in [0.3, 0.4) is 0 Å². The molecule has 0 unspecified atom stereocenters. The Kier molecular flexibility index (Phi) is 5.55. The molecule has 0 aliphatic rings. The molecule has 0 spiro atoms. The molecule has 4 heteroatoms. The number of aromatic hydroxyl groups is 2. The Labute approximate surface area is 146 Å². The van der Waals surface area contributed by atoms with Crippen molar-refractivity contribution in [1.29, 1.82) is 0 Å². The first-order valence-electron chi connectivity index (χ1n) is 7.82. The van der Waals surface area contributed by atoms with Gasteiger partial charge in [-0.15, -0.1) is 0 Å². The van der Waals surface area contributed by atoms with E-state index in [-0.39, 0.29) is 23.1 Å². The maximum Gasteiger partial charge on any atom is 0.169 e. The number of phenolic OH excluding ortho intramolecular Hbond substituents is 2. The van der Waals surface area contributed by atoms with Crippen molar-refractivity contribution in [2.45, 2.75) is 13.8 Å². The Hall–Kier alpha value is -3.14. The lowest BCUT2D eigenvalue weighted by Crippen LogP contribution is -2.30. The van der Waals surface area contributed by atoms with Gasteiger partial charge in [0, 0.05) is 0 Å². The number of allylic oxidation sites excluding steroid dienone is 2. The number of carbonyl (C=O) groups is 2. The smallest absolute Gasteiger partial charge is 0.169 e. The van der Waals surface area contributed by atoms with Crippen molar-refractivity contribution >= 4 is 23.7 Å². The molecule has 0 aliphatic carbocycles. The summed E-state index contributed by atoms with van der Waals surface area (Å²) in [7, 11) is 0. The maximum atomic E-state index is 12.4. The summed E-state index contributed by atoms with van der Waals surface area (Å²) in [6.07, 6.45) is 5.97. The Morgan fingerprint density at radius 2 is 1.04 bits per heavy atom. The van der Waals surface area contributed by atoms with Gasteiger partial charge in [0.2, 0.25) is 0 Å². The van der Waals surface area contributed by atoms with E-state index in [1.807, 2.05) is 0 Å². The molecule has 2 rings (SSSR count). The molecule has 25 heavy (non-hydrogen) atoms. The minimum atomic E-state index is -1.18. The number of hydrogen-bond acceptors (Lipinski definition) is 4. The standard InChI is InChI=1S/C21H20O4/c1-21(2,19(24)13-7-15-3-9-17(22)10-4-15)20(25)14-8-16-5-11-18(23)12-6-16/h3-14,22-23H,1-2H3/b13-7+,14-8+. The van der Waals surface area contributed by atoms with Crippen LogP contribution < -0.4 is 0 Å². The first-order chi connectivity index (χ1) is 11.8. The van der Waals surface area contributed by atoms with Gasteiger partial charge in [-0.25, -0.2) is 0 Å². The summed E-state index contributed by atoms with van der Waals surface area (Å²) < 4.78 is 0. The topological polar surface area (TPSA) is 74.6 Å². The Balaban J connectivity index is 2.07. The molecule has 2 aromatic carbocycles. The lowest BCUT2D eigenvalue weighted by atomic mass is 9.82. The van der Waals surface area contributed by atoms with Gasteiger partial charge in [-0.3, -0.25) is 9.59 Å². The van der Waals surface area contributed by atoms with Crippen molar-refractivity contribution < 1.29 is 19.8 Å². The molecule has 0 heterocycles. The molecule has 0 radical (unpaired) electrons. The van der Waals surface area contributed by atoms with Gasteiger partial charge in [0.15, 0.2) is 11.6 Å². The number of carbonyl (C=O) groups excluding carboxylic acids is 2. The highest BCUT2D eigenvalue weighted by Gasteiger charge is 2.32. The van der Waals surface area contributed by atoms with Crippen LogP contribution in [0.1, 0.15) is 25.0 Å². The third-order valence-electron chi connectivity index (χ3n) is 3.87. The van der Waals surface area contributed by atoms with E-state index >= 15 is 0 Å². The van der Waals surface area contributed by atoms with Gasteiger partial charge >= 0.3 is 0 Å². The number of hydrogen-bond donors (Lipinski definition) is 2. The van der Waals surface area contributed by atoms with Crippen LogP contribution in [0.15, 0.2) is 60.7 Å². The molecule has 0 aliphatic heterocycles. The molecule has 128 valence electrons. The molecule has 0 saturated heterocycles. The molecule has 0 atom stereocenters. The quantitative estimate of drug-likeness (QED) is 0.618. The summed E-state index contributed by atoms with van der Waals surface area (Å²) in [4.78, 5) is 24.8. The predicted molar refractivity (Wildman–Crippen MR) is 98.1 cm³/mol. The fraction of sp³-hybridized carbons (Fsp3) is 0.143. The Morgan fingerprint density at radius 3 is 1.36 bits per heavy atom. The minimum absolute atomic E-state index is 0.151. The number of ketones is 2. The fourth-order valence-electron chi connectivity index (χ4n) is 2.05. The number of phenols is 2. The van der Waals surface area contributed by atoms with Gasteiger partial charge in [-0.05, 0) is 61.4 Å². The second kappa shape index (κ2) is 7.62. The second-order valence-corrected chi connectivity index (χ2v) is 6.20. The van der Waals surface area contributed by atoms with Crippen molar-refractivity contribution in [3.63, 3.8) is 0 Å². The van der Waals surface area contributed by atoms with Crippen LogP contribution in [0.25, 0.3) is 12.2 Å². The third kappa shape index (κ3) is 4.91. The highest BCUT2D eigenvalue weighted by atomic mass is 16.3. The van der Waals surface area contributed by atoms with Crippen molar-refractivity contribution in [3.8, 4) is 11.5 Å². The highest BCUT2D eigenvalue weighted by molar-refractivity contribution is 6.16. The predicted octanol–water partition coefficient (Wildman–Crippen LogP) is 3.99. The van der Waals surface area contributed by atoms with E-state index in [2.05, 4.69) is 0 Å². The first kappa shape index (κ1) is 18.2. The second-order valence-electron chi connectivity index (χ2n) is 6.20. The van der Waals surface area contributed by atoms with Crippen molar-refractivity contribution in [1.82, 2.24) is 0 Å². The van der Waals surface area contributed by atoms with E-state index in [1.54, 1.807) is 50.3 Å². The Bertz CT molecular complexity index is 740. The molecule has 2 aromatic rings. The van der Waals surface area contributed by atoms with Crippen molar-refractivity contribution in [2.75, 3.05) is 0 Å². The molecule has 0 aromatic heterocycles. The summed E-state index contributed by atoms with van der Waals surface area (Å²) in [5.41, 5.74) is 0.337. The van der Waals surface area contributed by atoms with Gasteiger partial charge in [0.05, 0.1) is 5.41 Å². The van der Waals surface area contributed by atoms with Gasteiger partial charge in [0.1, 0.15) is 11.5 Å². The van der Waals surface area contributed by atoms with E-state index in [9.17, 15) is 19.8 Å². The van der Waals surface area contributed by atoms with Crippen LogP contribution in [-0.2, 0) is 9.59 Å². The van der Waals surface area contributed by atoms with E-state index < -0.39 is 5.41 Å². The largest absolute Gasteiger partial charge is 0.508 e.